The van der Waals surface area contributed by atoms with Gasteiger partial charge in [0.1, 0.15) is 11.8 Å². The summed E-state index contributed by atoms with van der Waals surface area (Å²) in [5, 5.41) is 8.08. The number of hydrazone groups is 1. The summed E-state index contributed by atoms with van der Waals surface area (Å²) in [7, 11) is 0. The van der Waals surface area contributed by atoms with Gasteiger partial charge in [-0.1, -0.05) is 88.9 Å². The highest BCUT2D eigenvalue weighted by Crippen LogP contribution is 2.28. The van der Waals surface area contributed by atoms with Crippen molar-refractivity contribution in [1.29, 1.82) is 0 Å². The first kappa shape index (κ1) is 26.8. The van der Waals surface area contributed by atoms with Gasteiger partial charge in [-0.3, -0.25) is 9.59 Å². The van der Waals surface area contributed by atoms with E-state index in [1.54, 1.807) is 37.3 Å². The third-order valence-electron chi connectivity index (χ3n) is 4.84. The van der Waals surface area contributed by atoms with E-state index in [0.29, 0.717) is 26.4 Å². The van der Waals surface area contributed by atoms with Crippen LogP contribution in [0.15, 0.2) is 71.8 Å². The maximum Gasteiger partial charge on any atom is 0.262 e. The van der Waals surface area contributed by atoms with Crippen molar-refractivity contribution < 1.29 is 14.3 Å². The van der Waals surface area contributed by atoms with Crippen LogP contribution < -0.4 is 15.5 Å². The first-order valence-electron chi connectivity index (χ1n) is 10.5. The summed E-state index contributed by atoms with van der Waals surface area (Å²) in [4.78, 5) is 25.8. The molecule has 3 rings (SSSR count). The molecule has 0 aromatic heterocycles. The SMILES string of the molecule is C[C@H](Oc1ccc(Cl)cc1Cl)C(=O)N[C@@H](Cc1ccccc1)C(=O)N/N=C\c1cccc(Cl)c1Cl. The topological polar surface area (TPSA) is 79.8 Å². The molecule has 2 amide bonds. The molecule has 0 unspecified atom stereocenters. The summed E-state index contributed by atoms with van der Waals surface area (Å²) in [5.74, 6) is -0.729. The number of hydrogen-bond donors (Lipinski definition) is 2. The minimum atomic E-state index is -0.937. The Hall–Kier alpha value is -2.77. The average Bonchev–Trinajstić information content (AvgIpc) is 2.83. The van der Waals surface area contributed by atoms with E-state index in [2.05, 4.69) is 15.8 Å². The molecule has 2 N–H and O–H groups in total. The van der Waals surface area contributed by atoms with Crippen LogP contribution in [0.2, 0.25) is 20.1 Å². The Bertz CT molecular complexity index is 1220. The predicted molar refractivity (Wildman–Crippen MR) is 141 cm³/mol. The Kier molecular flexibility index (Phi) is 9.81. The Morgan fingerprint density at radius 1 is 0.943 bits per heavy atom. The lowest BCUT2D eigenvalue weighted by atomic mass is 10.1. The zero-order valence-electron chi connectivity index (χ0n) is 18.5. The van der Waals surface area contributed by atoms with Gasteiger partial charge < -0.3 is 10.1 Å². The van der Waals surface area contributed by atoms with Crippen molar-refractivity contribution in [2.45, 2.75) is 25.5 Å². The molecule has 0 aliphatic heterocycles. The van der Waals surface area contributed by atoms with E-state index in [0.717, 1.165) is 5.56 Å². The molecule has 0 saturated heterocycles. The summed E-state index contributed by atoms with van der Waals surface area (Å²) in [6.07, 6.45) is 0.677. The smallest absolute Gasteiger partial charge is 0.262 e. The molecule has 0 spiro atoms. The highest BCUT2D eigenvalue weighted by Gasteiger charge is 2.25. The number of carbonyl (C=O) groups excluding carboxylic acids is 2. The third-order valence-corrected chi connectivity index (χ3v) is 6.21. The van der Waals surface area contributed by atoms with Crippen molar-refractivity contribution >= 4 is 64.4 Å². The molecule has 2 atom stereocenters. The molecule has 3 aromatic rings. The maximum absolute atomic E-state index is 12.9. The zero-order valence-corrected chi connectivity index (χ0v) is 21.5. The standard InChI is InChI=1S/C25H21Cl4N3O3/c1-15(35-22-11-10-18(26)13-20(22)28)24(33)31-21(12-16-6-3-2-4-7-16)25(34)32-30-14-17-8-5-9-19(27)23(17)29/h2-11,13-15,21H,12H2,1H3,(H,31,33)(H,32,34)/b30-14-/t15-,21-/m0/s1. The lowest BCUT2D eigenvalue weighted by Crippen LogP contribution is -2.50. The van der Waals surface area contributed by atoms with Crippen molar-refractivity contribution in [1.82, 2.24) is 10.7 Å². The molecule has 10 heteroatoms. The average molecular weight is 553 g/mol. The Labute approximate surface area is 223 Å². The van der Waals surface area contributed by atoms with Crippen LogP contribution in [0, 0.1) is 0 Å². The largest absolute Gasteiger partial charge is 0.479 e. The second-order valence-corrected chi connectivity index (χ2v) is 9.09. The van der Waals surface area contributed by atoms with Gasteiger partial charge in [-0.2, -0.15) is 5.10 Å². The van der Waals surface area contributed by atoms with Crippen LogP contribution in [-0.4, -0.2) is 30.2 Å². The van der Waals surface area contributed by atoms with Gasteiger partial charge in [-0.05, 0) is 36.8 Å². The number of amides is 2. The molecule has 0 bridgehead atoms. The molecule has 35 heavy (non-hydrogen) atoms. The van der Waals surface area contributed by atoms with Crippen molar-refractivity contribution in [2.75, 3.05) is 0 Å². The zero-order chi connectivity index (χ0) is 25.4. The van der Waals surface area contributed by atoms with Crippen LogP contribution in [0.3, 0.4) is 0 Å². The molecule has 0 saturated carbocycles. The van der Waals surface area contributed by atoms with E-state index < -0.39 is 24.0 Å². The van der Waals surface area contributed by atoms with E-state index in [1.807, 2.05) is 30.3 Å². The monoisotopic (exact) mass is 551 g/mol. The Morgan fingerprint density at radius 2 is 1.69 bits per heavy atom. The van der Waals surface area contributed by atoms with Crippen molar-refractivity contribution in [2.24, 2.45) is 5.10 Å². The fourth-order valence-corrected chi connectivity index (χ4v) is 3.84. The minimum Gasteiger partial charge on any atom is -0.479 e. The van der Waals surface area contributed by atoms with Crippen LogP contribution >= 0.6 is 46.4 Å². The quantitative estimate of drug-likeness (QED) is 0.254. The minimum absolute atomic E-state index is 0.236. The normalized spacial score (nSPS) is 12.7. The van der Waals surface area contributed by atoms with Gasteiger partial charge in [0.05, 0.1) is 21.3 Å². The van der Waals surface area contributed by atoms with E-state index in [9.17, 15) is 9.59 Å². The highest BCUT2D eigenvalue weighted by atomic mass is 35.5. The molecular weight excluding hydrogens is 532 g/mol. The number of rotatable bonds is 9. The van der Waals surface area contributed by atoms with Gasteiger partial charge in [0.2, 0.25) is 0 Å². The van der Waals surface area contributed by atoms with E-state index in [1.165, 1.54) is 12.3 Å². The summed E-state index contributed by atoms with van der Waals surface area (Å²) >= 11 is 24.2. The van der Waals surface area contributed by atoms with Gasteiger partial charge in [0.25, 0.3) is 11.8 Å². The molecule has 3 aromatic carbocycles. The molecule has 0 aliphatic rings. The molecule has 0 fully saturated rings. The fourth-order valence-electron chi connectivity index (χ4n) is 3.03. The van der Waals surface area contributed by atoms with Crippen LogP contribution in [0.5, 0.6) is 5.75 Å². The lowest BCUT2D eigenvalue weighted by Gasteiger charge is -2.21. The molecule has 0 heterocycles. The second-order valence-electron chi connectivity index (χ2n) is 7.46. The van der Waals surface area contributed by atoms with Gasteiger partial charge >= 0.3 is 0 Å². The fraction of sp³-hybridized carbons (Fsp3) is 0.160. The number of benzene rings is 3. The number of nitrogens with one attached hydrogen (secondary N) is 2. The van der Waals surface area contributed by atoms with Crippen molar-refractivity contribution in [3.8, 4) is 5.75 Å². The van der Waals surface area contributed by atoms with Crippen LogP contribution in [0.25, 0.3) is 0 Å². The van der Waals surface area contributed by atoms with Gasteiger partial charge in [0.15, 0.2) is 6.10 Å². The van der Waals surface area contributed by atoms with Gasteiger partial charge in [0, 0.05) is 17.0 Å². The van der Waals surface area contributed by atoms with Crippen molar-refractivity contribution in [3.05, 3.63) is 97.9 Å². The maximum atomic E-state index is 12.9. The van der Waals surface area contributed by atoms with E-state index in [4.69, 9.17) is 51.1 Å². The molecule has 0 aliphatic carbocycles. The summed E-state index contributed by atoms with van der Waals surface area (Å²) in [6, 6.07) is 18.1. The second kappa shape index (κ2) is 12.8. The Balaban J connectivity index is 1.70. The molecule has 6 nitrogen and oxygen atoms in total. The van der Waals surface area contributed by atoms with Crippen LogP contribution in [0.4, 0.5) is 0 Å². The van der Waals surface area contributed by atoms with E-state index >= 15 is 0 Å². The lowest BCUT2D eigenvalue weighted by molar-refractivity contribution is -0.132. The highest BCUT2D eigenvalue weighted by molar-refractivity contribution is 6.43. The third kappa shape index (κ3) is 7.87. The Morgan fingerprint density at radius 3 is 2.40 bits per heavy atom. The van der Waals surface area contributed by atoms with Crippen molar-refractivity contribution in [3.63, 3.8) is 0 Å². The number of hydrogen-bond acceptors (Lipinski definition) is 4. The summed E-state index contributed by atoms with van der Waals surface area (Å²) in [6.45, 7) is 1.55. The molecule has 0 radical (unpaired) electrons. The number of ether oxygens (including phenoxy) is 1. The van der Waals surface area contributed by atoms with Gasteiger partial charge in [-0.25, -0.2) is 5.43 Å². The van der Waals surface area contributed by atoms with Crippen LogP contribution in [-0.2, 0) is 16.0 Å². The molecular formula is C25H21Cl4N3O3. The number of nitrogens with zero attached hydrogens (tertiary/aromatic N) is 1. The number of carbonyl (C=O) groups is 2. The summed E-state index contributed by atoms with van der Waals surface area (Å²) < 4.78 is 5.66. The molecule has 182 valence electrons. The van der Waals surface area contributed by atoms with Crippen LogP contribution in [0.1, 0.15) is 18.1 Å². The first-order chi connectivity index (χ1) is 16.7. The first-order valence-corrected chi connectivity index (χ1v) is 12.0. The summed E-state index contributed by atoms with van der Waals surface area (Å²) in [5.41, 5.74) is 3.83. The predicted octanol–water partition coefficient (Wildman–Crippen LogP) is 5.95. The van der Waals surface area contributed by atoms with Gasteiger partial charge in [-0.15, -0.1) is 0 Å². The number of halogens is 4. The van der Waals surface area contributed by atoms with E-state index in [-0.39, 0.29) is 11.4 Å².